The van der Waals surface area contributed by atoms with Gasteiger partial charge >= 0.3 is 5.97 Å². The highest BCUT2D eigenvalue weighted by Crippen LogP contribution is 2.20. The third-order valence-electron chi connectivity index (χ3n) is 1.84. The fourth-order valence-corrected chi connectivity index (χ4v) is 1.40. The lowest BCUT2D eigenvalue weighted by molar-refractivity contribution is -0.136. The van der Waals surface area contributed by atoms with Crippen LogP contribution in [-0.2, 0) is 4.79 Å². The SMILES string of the molecule is Cc1ccc(NCCC(=O)O)cc1Br. The molecule has 0 fully saturated rings. The van der Waals surface area contributed by atoms with Crippen LogP contribution in [0, 0.1) is 6.92 Å². The van der Waals surface area contributed by atoms with E-state index in [1.165, 1.54) is 0 Å². The summed E-state index contributed by atoms with van der Waals surface area (Å²) in [4.78, 5) is 10.3. The fourth-order valence-electron chi connectivity index (χ4n) is 1.02. The summed E-state index contributed by atoms with van der Waals surface area (Å²) in [6.45, 7) is 2.45. The van der Waals surface area contributed by atoms with E-state index < -0.39 is 5.97 Å². The van der Waals surface area contributed by atoms with Crippen LogP contribution in [0.1, 0.15) is 12.0 Å². The van der Waals surface area contributed by atoms with Crippen molar-refractivity contribution >= 4 is 27.6 Å². The highest BCUT2D eigenvalue weighted by molar-refractivity contribution is 9.10. The first kappa shape index (κ1) is 11.0. The van der Waals surface area contributed by atoms with Gasteiger partial charge in [-0.2, -0.15) is 0 Å². The molecule has 0 bridgehead atoms. The first-order valence-electron chi connectivity index (χ1n) is 4.31. The van der Waals surface area contributed by atoms with Crippen LogP contribution in [0.15, 0.2) is 22.7 Å². The first-order chi connectivity index (χ1) is 6.59. The second-order valence-electron chi connectivity index (χ2n) is 3.03. The van der Waals surface area contributed by atoms with E-state index in [1.54, 1.807) is 0 Å². The molecule has 0 radical (unpaired) electrons. The normalized spacial score (nSPS) is 9.86. The Bertz CT molecular complexity index is 339. The van der Waals surface area contributed by atoms with Crippen molar-refractivity contribution < 1.29 is 9.90 Å². The molecule has 0 aliphatic heterocycles. The smallest absolute Gasteiger partial charge is 0.305 e. The third-order valence-corrected chi connectivity index (χ3v) is 2.69. The van der Waals surface area contributed by atoms with E-state index in [4.69, 9.17) is 5.11 Å². The monoisotopic (exact) mass is 257 g/mol. The van der Waals surface area contributed by atoms with Gasteiger partial charge in [0.25, 0.3) is 0 Å². The maximum atomic E-state index is 10.3. The van der Waals surface area contributed by atoms with Gasteiger partial charge in [0.05, 0.1) is 6.42 Å². The summed E-state index contributed by atoms with van der Waals surface area (Å²) in [5, 5.41) is 11.5. The van der Waals surface area contributed by atoms with Crippen molar-refractivity contribution in [3.05, 3.63) is 28.2 Å². The van der Waals surface area contributed by atoms with Gasteiger partial charge in [0.15, 0.2) is 0 Å². The zero-order chi connectivity index (χ0) is 10.6. The summed E-state index contributed by atoms with van der Waals surface area (Å²) >= 11 is 3.41. The molecule has 0 saturated heterocycles. The molecule has 1 rings (SSSR count). The Morgan fingerprint density at radius 3 is 2.86 bits per heavy atom. The molecule has 76 valence electrons. The van der Waals surface area contributed by atoms with Crippen molar-refractivity contribution in [3.63, 3.8) is 0 Å². The van der Waals surface area contributed by atoms with E-state index in [-0.39, 0.29) is 6.42 Å². The number of hydrogen-bond acceptors (Lipinski definition) is 2. The van der Waals surface area contributed by atoms with Crippen molar-refractivity contribution in [2.45, 2.75) is 13.3 Å². The largest absolute Gasteiger partial charge is 0.481 e. The number of rotatable bonds is 4. The van der Waals surface area contributed by atoms with Crippen LogP contribution >= 0.6 is 15.9 Å². The molecule has 1 aromatic rings. The summed E-state index contributed by atoms with van der Waals surface area (Å²) in [5.41, 5.74) is 2.09. The molecule has 0 aliphatic carbocycles. The quantitative estimate of drug-likeness (QED) is 0.872. The molecule has 14 heavy (non-hydrogen) atoms. The lowest BCUT2D eigenvalue weighted by Crippen LogP contribution is -2.07. The van der Waals surface area contributed by atoms with Gasteiger partial charge in [0.2, 0.25) is 0 Å². The average Bonchev–Trinajstić information content (AvgIpc) is 2.10. The molecule has 0 unspecified atom stereocenters. The second kappa shape index (κ2) is 5.00. The summed E-state index contributed by atoms with van der Waals surface area (Å²) in [6, 6.07) is 5.85. The Labute approximate surface area is 91.3 Å². The number of carbonyl (C=O) groups is 1. The molecule has 0 aliphatic rings. The zero-order valence-corrected chi connectivity index (χ0v) is 9.47. The van der Waals surface area contributed by atoms with Crippen molar-refractivity contribution in [1.82, 2.24) is 0 Å². The van der Waals surface area contributed by atoms with Crippen LogP contribution in [0.2, 0.25) is 0 Å². The number of aliphatic carboxylic acids is 1. The van der Waals surface area contributed by atoms with Gasteiger partial charge in [-0.3, -0.25) is 4.79 Å². The van der Waals surface area contributed by atoms with Gasteiger partial charge in [-0.15, -0.1) is 0 Å². The molecule has 0 heterocycles. The Morgan fingerprint density at radius 1 is 1.57 bits per heavy atom. The minimum Gasteiger partial charge on any atom is -0.481 e. The van der Waals surface area contributed by atoms with Gasteiger partial charge in [-0.05, 0) is 24.6 Å². The standard InChI is InChI=1S/C10H12BrNO2/c1-7-2-3-8(6-9(7)11)12-5-4-10(13)14/h2-3,6,12H,4-5H2,1H3,(H,13,14). The minimum atomic E-state index is -0.788. The molecular formula is C10H12BrNO2. The molecule has 0 saturated carbocycles. The molecule has 0 spiro atoms. The Hall–Kier alpha value is -1.03. The van der Waals surface area contributed by atoms with Crippen molar-refractivity contribution in [1.29, 1.82) is 0 Å². The number of nitrogens with one attached hydrogen (secondary N) is 1. The fraction of sp³-hybridized carbons (Fsp3) is 0.300. The summed E-state index contributed by atoms with van der Waals surface area (Å²) in [5.74, 6) is -0.788. The summed E-state index contributed by atoms with van der Waals surface area (Å²) in [7, 11) is 0. The maximum absolute atomic E-state index is 10.3. The molecular weight excluding hydrogens is 246 g/mol. The highest BCUT2D eigenvalue weighted by Gasteiger charge is 1.98. The Kier molecular flexibility index (Phi) is 3.95. The average molecular weight is 258 g/mol. The number of anilines is 1. The predicted molar refractivity (Wildman–Crippen MR) is 59.6 cm³/mol. The Morgan fingerprint density at radius 2 is 2.29 bits per heavy atom. The van der Waals surface area contributed by atoms with Crippen LogP contribution < -0.4 is 5.32 Å². The van der Waals surface area contributed by atoms with E-state index in [9.17, 15) is 4.79 Å². The summed E-state index contributed by atoms with van der Waals surface area (Å²) < 4.78 is 1.03. The first-order valence-corrected chi connectivity index (χ1v) is 5.10. The van der Waals surface area contributed by atoms with Crippen LogP contribution in [0.5, 0.6) is 0 Å². The van der Waals surface area contributed by atoms with Crippen molar-refractivity contribution in [2.24, 2.45) is 0 Å². The second-order valence-corrected chi connectivity index (χ2v) is 3.89. The topological polar surface area (TPSA) is 49.3 Å². The van der Waals surface area contributed by atoms with E-state index in [0.717, 1.165) is 15.7 Å². The van der Waals surface area contributed by atoms with E-state index in [0.29, 0.717) is 6.54 Å². The maximum Gasteiger partial charge on any atom is 0.305 e. The van der Waals surface area contributed by atoms with Gasteiger partial charge in [0.1, 0.15) is 0 Å². The zero-order valence-electron chi connectivity index (χ0n) is 7.88. The van der Waals surface area contributed by atoms with Gasteiger partial charge in [0, 0.05) is 16.7 Å². The van der Waals surface area contributed by atoms with E-state index in [1.807, 2.05) is 25.1 Å². The molecule has 3 nitrogen and oxygen atoms in total. The molecule has 0 aromatic heterocycles. The summed E-state index contributed by atoms with van der Waals surface area (Å²) in [6.07, 6.45) is 0.130. The van der Waals surface area contributed by atoms with E-state index in [2.05, 4.69) is 21.2 Å². The third kappa shape index (κ3) is 3.38. The van der Waals surface area contributed by atoms with E-state index >= 15 is 0 Å². The van der Waals surface area contributed by atoms with Crippen LogP contribution in [0.4, 0.5) is 5.69 Å². The number of carboxylic acids is 1. The lowest BCUT2D eigenvalue weighted by atomic mass is 10.2. The molecule has 4 heteroatoms. The molecule has 0 amide bonds. The molecule has 1 aromatic carbocycles. The number of aryl methyl sites for hydroxylation is 1. The Balaban J connectivity index is 2.51. The van der Waals surface area contributed by atoms with Crippen molar-refractivity contribution in [2.75, 3.05) is 11.9 Å². The van der Waals surface area contributed by atoms with Gasteiger partial charge in [-0.25, -0.2) is 0 Å². The van der Waals surface area contributed by atoms with Crippen molar-refractivity contribution in [3.8, 4) is 0 Å². The predicted octanol–water partition coefficient (Wildman–Crippen LogP) is 2.64. The number of benzene rings is 1. The molecule has 2 N–H and O–H groups in total. The van der Waals surface area contributed by atoms with Crippen LogP contribution in [0.3, 0.4) is 0 Å². The van der Waals surface area contributed by atoms with Gasteiger partial charge < -0.3 is 10.4 Å². The number of carboxylic acid groups (broad SMARTS) is 1. The number of halogens is 1. The van der Waals surface area contributed by atoms with Gasteiger partial charge in [-0.1, -0.05) is 22.0 Å². The molecule has 0 atom stereocenters. The highest BCUT2D eigenvalue weighted by atomic mass is 79.9. The lowest BCUT2D eigenvalue weighted by Gasteiger charge is -2.06. The number of hydrogen-bond donors (Lipinski definition) is 2. The van der Waals surface area contributed by atoms with Crippen LogP contribution in [0.25, 0.3) is 0 Å². The minimum absolute atomic E-state index is 0.130. The van der Waals surface area contributed by atoms with Crippen LogP contribution in [-0.4, -0.2) is 17.6 Å².